The number of carbonyl (C=O) groups is 1. The second-order valence-corrected chi connectivity index (χ2v) is 11.0. The first-order valence-corrected chi connectivity index (χ1v) is 13.3. The van der Waals surface area contributed by atoms with Crippen LogP contribution < -0.4 is 5.56 Å². The van der Waals surface area contributed by atoms with Crippen molar-refractivity contribution in [3.63, 3.8) is 0 Å². The number of nitrogens with one attached hydrogen (secondary N) is 1. The quantitative estimate of drug-likeness (QED) is 0.340. The number of hydrogen-bond acceptors (Lipinski definition) is 7. The van der Waals surface area contributed by atoms with Crippen molar-refractivity contribution in [2.24, 2.45) is 0 Å². The van der Waals surface area contributed by atoms with E-state index in [4.69, 9.17) is 11.6 Å². The molecule has 4 aromatic heterocycles. The predicted molar refractivity (Wildman–Crippen MR) is 130 cm³/mol. The van der Waals surface area contributed by atoms with Gasteiger partial charge in [0, 0.05) is 27.2 Å². The minimum atomic E-state index is -0.128. The predicted octanol–water partition coefficient (Wildman–Crippen LogP) is 5.71. The molecule has 0 unspecified atom stereocenters. The normalized spacial score (nSPS) is 11.3. The Morgan fingerprint density at radius 3 is 2.87 bits per heavy atom. The summed E-state index contributed by atoms with van der Waals surface area (Å²) in [6, 6.07) is 7.77. The molecule has 1 N–H and O–H groups in total. The van der Waals surface area contributed by atoms with Crippen molar-refractivity contribution in [2.45, 2.75) is 19.2 Å². The summed E-state index contributed by atoms with van der Waals surface area (Å²) in [5.41, 5.74) is 0.803. The van der Waals surface area contributed by atoms with Gasteiger partial charge in [0.2, 0.25) is 5.91 Å². The van der Waals surface area contributed by atoms with E-state index in [1.54, 1.807) is 16.2 Å². The Morgan fingerprint density at radius 2 is 2.17 bits per heavy atom. The molecule has 0 spiro atoms. The van der Waals surface area contributed by atoms with Crippen molar-refractivity contribution in [1.82, 2.24) is 14.9 Å². The van der Waals surface area contributed by atoms with Gasteiger partial charge in [-0.1, -0.05) is 17.7 Å². The first kappa shape index (κ1) is 21.6. The smallest absolute Gasteiger partial charge is 0.260 e. The number of halogens is 1. The van der Waals surface area contributed by atoms with Crippen LogP contribution in [0, 0.1) is 0 Å². The minimum Gasteiger partial charge on any atom is -0.337 e. The van der Waals surface area contributed by atoms with Crippen molar-refractivity contribution in [1.29, 1.82) is 0 Å². The molecule has 5 nitrogen and oxygen atoms in total. The standard InChI is InChI=1S/C20H18ClN3O2S4/c1-2-24(8-12-5-6-15(21)30-12)17(25)11-27-10-16-22-19(26)18-13(9-29-20(18)23-16)14-4-3-7-28-14/h3-7,9H,2,8,10-11H2,1H3,(H,22,23,26). The first-order valence-electron chi connectivity index (χ1n) is 9.19. The molecule has 0 aliphatic carbocycles. The number of carbonyl (C=O) groups excluding carboxylic acids is 1. The molecule has 0 saturated heterocycles. The summed E-state index contributed by atoms with van der Waals surface area (Å²) in [6.07, 6.45) is 0. The Bertz CT molecular complexity index is 1210. The number of aromatic nitrogens is 2. The largest absolute Gasteiger partial charge is 0.337 e. The van der Waals surface area contributed by atoms with Gasteiger partial charge >= 0.3 is 0 Å². The molecule has 4 heterocycles. The van der Waals surface area contributed by atoms with Gasteiger partial charge in [0.25, 0.3) is 5.56 Å². The molecule has 0 bridgehead atoms. The number of thioether (sulfide) groups is 1. The minimum absolute atomic E-state index is 0.0616. The third kappa shape index (κ3) is 4.81. The Balaban J connectivity index is 1.40. The number of H-pyrrole nitrogens is 1. The zero-order valence-electron chi connectivity index (χ0n) is 16.0. The number of hydrogen-bond donors (Lipinski definition) is 1. The third-order valence-corrected chi connectivity index (χ3v) is 8.37. The van der Waals surface area contributed by atoms with Gasteiger partial charge in [0.15, 0.2) is 0 Å². The molecule has 156 valence electrons. The van der Waals surface area contributed by atoms with Crippen LogP contribution in [0.3, 0.4) is 0 Å². The van der Waals surface area contributed by atoms with E-state index in [1.807, 2.05) is 41.9 Å². The highest BCUT2D eigenvalue weighted by Gasteiger charge is 2.16. The molecule has 10 heteroatoms. The number of amides is 1. The molecule has 0 aliphatic heterocycles. The number of aromatic amines is 1. The highest BCUT2D eigenvalue weighted by molar-refractivity contribution is 7.99. The maximum atomic E-state index is 12.7. The van der Waals surface area contributed by atoms with E-state index in [1.165, 1.54) is 34.4 Å². The lowest BCUT2D eigenvalue weighted by molar-refractivity contribution is -0.128. The Labute approximate surface area is 194 Å². The van der Waals surface area contributed by atoms with E-state index in [0.29, 0.717) is 35.8 Å². The van der Waals surface area contributed by atoms with Crippen molar-refractivity contribution < 1.29 is 4.79 Å². The number of thiophene rings is 3. The van der Waals surface area contributed by atoms with Gasteiger partial charge in [0.05, 0.1) is 27.8 Å². The van der Waals surface area contributed by atoms with Crippen LogP contribution >= 0.6 is 57.4 Å². The number of nitrogens with zero attached hydrogens (tertiary/aromatic N) is 2. The first-order chi connectivity index (χ1) is 14.5. The Hall–Kier alpha value is -1.65. The molecule has 4 rings (SSSR count). The summed E-state index contributed by atoms with van der Waals surface area (Å²) in [5, 5.41) is 4.61. The highest BCUT2D eigenvalue weighted by Crippen LogP contribution is 2.33. The van der Waals surface area contributed by atoms with Gasteiger partial charge in [-0.3, -0.25) is 9.59 Å². The van der Waals surface area contributed by atoms with Crippen molar-refractivity contribution in [2.75, 3.05) is 12.3 Å². The lowest BCUT2D eigenvalue weighted by atomic mass is 10.2. The maximum Gasteiger partial charge on any atom is 0.260 e. The van der Waals surface area contributed by atoms with Crippen molar-refractivity contribution >= 4 is 73.5 Å². The van der Waals surface area contributed by atoms with E-state index < -0.39 is 0 Å². The van der Waals surface area contributed by atoms with Crippen LogP contribution in [-0.2, 0) is 17.1 Å². The third-order valence-electron chi connectivity index (χ3n) is 4.45. The fourth-order valence-electron chi connectivity index (χ4n) is 3.00. The molecule has 0 aliphatic rings. The van der Waals surface area contributed by atoms with E-state index in [9.17, 15) is 9.59 Å². The fraction of sp³-hybridized carbons (Fsp3) is 0.250. The maximum absolute atomic E-state index is 12.7. The molecule has 0 aromatic carbocycles. The van der Waals surface area contributed by atoms with Crippen LogP contribution in [0.4, 0.5) is 0 Å². The van der Waals surface area contributed by atoms with E-state index >= 15 is 0 Å². The summed E-state index contributed by atoms with van der Waals surface area (Å²) in [5.74, 6) is 1.47. The second kappa shape index (κ2) is 9.65. The average molecular weight is 496 g/mol. The SMILES string of the molecule is CCN(Cc1ccc(Cl)s1)C(=O)CSCc1nc2scc(-c3cccs3)c2c(=O)[nH]1. The molecule has 0 radical (unpaired) electrons. The van der Waals surface area contributed by atoms with Crippen molar-refractivity contribution in [3.8, 4) is 10.4 Å². The van der Waals surface area contributed by atoms with Crippen LogP contribution in [0.1, 0.15) is 17.6 Å². The van der Waals surface area contributed by atoms with Gasteiger partial charge in [-0.2, -0.15) is 0 Å². The molecular weight excluding hydrogens is 478 g/mol. The Morgan fingerprint density at radius 1 is 1.30 bits per heavy atom. The van der Waals surface area contributed by atoms with Crippen LogP contribution in [-0.4, -0.2) is 33.1 Å². The lowest BCUT2D eigenvalue weighted by Crippen LogP contribution is -2.31. The zero-order chi connectivity index (χ0) is 21.1. The summed E-state index contributed by atoms with van der Waals surface area (Å²) in [4.78, 5) is 37.4. The highest BCUT2D eigenvalue weighted by atomic mass is 35.5. The molecule has 0 atom stereocenters. The van der Waals surface area contributed by atoms with E-state index in [2.05, 4.69) is 9.97 Å². The van der Waals surface area contributed by atoms with Crippen LogP contribution in [0.25, 0.3) is 20.7 Å². The zero-order valence-corrected chi connectivity index (χ0v) is 20.0. The van der Waals surface area contributed by atoms with Crippen LogP contribution in [0.5, 0.6) is 0 Å². The molecule has 30 heavy (non-hydrogen) atoms. The van der Waals surface area contributed by atoms with Gasteiger partial charge in [-0.15, -0.1) is 45.8 Å². The van der Waals surface area contributed by atoms with Crippen LogP contribution in [0.15, 0.2) is 39.8 Å². The van der Waals surface area contributed by atoms with Gasteiger partial charge in [-0.05, 0) is 30.5 Å². The van der Waals surface area contributed by atoms with Crippen LogP contribution in [0.2, 0.25) is 4.34 Å². The monoisotopic (exact) mass is 495 g/mol. The lowest BCUT2D eigenvalue weighted by Gasteiger charge is -2.19. The molecule has 0 fully saturated rings. The number of fused-ring (bicyclic) bond motifs is 1. The summed E-state index contributed by atoms with van der Waals surface area (Å²) >= 11 is 12.0. The van der Waals surface area contributed by atoms with Crippen molar-refractivity contribution in [3.05, 3.63) is 60.4 Å². The molecule has 1 amide bonds. The molecule has 0 saturated carbocycles. The van der Waals surface area contributed by atoms with Gasteiger partial charge < -0.3 is 9.88 Å². The molecule has 4 aromatic rings. The van der Waals surface area contributed by atoms with E-state index in [0.717, 1.165) is 24.5 Å². The van der Waals surface area contributed by atoms with Gasteiger partial charge in [0.1, 0.15) is 10.7 Å². The van der Waals surface area contributed by atoms with Gasteiger partial charge in [-0.25, -0.2) is 4.98 Å². The summed E-state index contributed by atoms with van der Waals surface area (Å²) in [6.45, 7) is 3.17. The topological polar surface area (TPSA) is 66.1 Å². The number of rotatable bonds is 8. The average Bonchev–Trinajstić information content (AvgIpc) is 3.46. The summed E-state index contributed by atoms with van der Waals surface area (Å²) < 4.78 is 0.726. The van der Waals surface area contributed by atoms with E-state index in [-0.39, 0.29) is 11.5 Å². The Kier molecular flexibility index (Phi) is 6.94. The second-order valence-electron chi connectivity index (χ2n) is 6.43. The fourth-order valence-corrected chi connectivity index (χ4v) is 6.68. The molecular formula is C20H18ClN3O2S4. The summed E-state index contributed by atoms with van der Waals surface area (Å²) in [7, 11) is 0.